The van der Waals surface area contributed by atoms with Gasteiger partial charge in [0.1, 0.15) is 5.75 Å². The number of thiol groups is 1. The lowest BCUT2D eigenvalue weighted by Gasteiger charge is -2.09. The van der Waals surface area contributed by atoms with Gasteiger partial charge in [0.05, 0.1) is 20.5 Å². The molecule has 1 rings (SSSR count). The van der Waals surface area contributed by atoms with Crippen molar-refractivity contribution in [1.29, 1.82) is 0 Å². The summed E-state index contributed by atoms with van der Waals surface area (Å²) < 4.78 is 6.60. The van der Waals surface area contributed by atoms with E-state index in [1.165, 1.54) is 12.1 Å². The standard InChI is InChI=1S/C9H9Br2NO3S/c10-7-4-6(12(13)14)5-8(11)9(7)15-2-1-3-16/h4-5,16H,1-3H2. The average Bonchev–Trinajstić information content (AvgIpc) is 2.21. The average molecular weight is 371 g/mol. The molecule has 0 unspecified atom stereocenters. The van der Waals surface area contributed by atoms with Crippen LogP contribution in [0.25, 0.3) is 0 Å². The van der Waals surface area contributed by atoms with Crippen LogP contribution in [-0.4, -0.2) is 17.3 Å². The first-order valence-electron chi connectivity index (χ1n) is 4.43. The van der Waals surface area contributed by atoms with Crippen molar-refractivity contribution in [2.24, 2.45) is 0 Å². The third kappa shape index (κ3) is 3.64. The highest BCUT2D eigenvalue weighted by Crippen LogP contribution is 2.37. The van der Waals surface area contributed by atoms with Crippen molar-refractivity contribution >= 4 is 50.2 Å². The van der Waals surface area contributed by atoms with Gasteiger partial charge in [-0.1, -0.05) is 0 Å². The highest BCUT2D eigenvalue weighted by molar-refractivity contribution is 9.11. The van der Waals surface area contributed by atoms with E-state index >= 15 is 0 Å². The third-order valence-corrected chi connectivity index (χ3v) is 3.24. The highest BCUT2D eigenvalue weighted by Gasteiger charge is 2.14. The Morgan fingerprint density at radius 2 is 1.94 bits per heavy atom. The molecule has 1 aromatic rings. The summed E-state index contributed by atoms with van der Waals surface area (Å²) in [6.45, 7) is 0.526. The van der Waals surface area contributed by atoms with Gasteiger partial charge < -0.3 is 4.74 Å². The van der Waals surface area contributed by atoms with Crippen LogP contribution in [0.15, 0.2) is 21.1 Å². The van der Waals surface area contributed by atoms with Gasteiger partial charge in [0.25, 0.3) is 5.69 Å². The summed E-state index contributed by atoms with van der Waals surface area (Å²) in [6.07, 6.45) is 0.818. The van der Waals surface area contributed by atoms with Crippen molar-refractivity contribution in [3.8, 4) is 5.75 Å². The van der Waals surface area contributed by atoms with Gasteiger partial charge in [0.15, 0.2) is 0 Å². The maximum atomic E-state index is 10.6. The zero-order chi connectivity index (χ0) is 12.1. The molecule has 0 aliphatic rings. The molecule has 0 bridgehead atoms. The number of nitro groups is 1. The Morgan fingerprint density at radius 3 is 2.38 bits per heavy atom. The first-order chi connectivity index (χ1) is 7.56. The maximum absolute atomic E-state index is 10.6. The predicted molar refractivity (Wildman–Crippen MR) is 72.5 cm³/mol. The van der Waals surface area contributed by atoms with E-state index in [2.05, 4.69) is 44.5 Å². The second kappa shape index (κ2) is 6.46. The van der Waals surface area contributed by atoms with E-state index in [0.29, 0.717) is 21.3 Å². The van der Waals surface area contributed by atoms with Crippen LogP contribution in [0.4, 0.5) is 5.69 Å². The number of ether oxygens (including phenoxy) is 1. The van der Waals surface area contributed by atoms with E-state index in [0.717, 1.165) is 12.2 Å². The molecule has 88 valence electrons. The summed E-state index contributed by atoms with van der Waals surface area (Å²) in [5.41, 5.74) is 0.0142. The number of hydrogen-bond donors (Lipinski definition) is 1. The van der Waals surface area contributed by atoms with Gasteiger partial charge in [-0.25, -0.2) is 0 Å². The maximum Gasteiger partial charge on any atom is 0.271 e. The number of non-ortho nitro benzene ring substituents is 1. The van der Waals surface area contributed by atoms with Crippen molar-refractivity contribution in [1.82, 2.24) is 0 Å². The van der Waals surface area contributed by atoms with Crippen LogP contribution in [-0.2, 0) is 0 Å². The molecular formula is C9H9Br2NO3S. The zero-order valence-corrected chi connectivity index (χ0v) is 12.2. The number of benzene rings is 1. The Balaban J connectivity index is 2.89. The van der Waals surface area contributed by atoms with Crippen LogP contribution in [0.1, 0.15) is 6.42 Å². The van der Waals surface area contributed by atoms with Gasteiger partial charge in [-0.15, -0.1) is 0 Å². The molecule has 7 heteroatoms. The summed E-state index contributed by atoms with van der Waals surface area (Å²) in [5.74, 6) is 1.31. The molecule has 0 heterocycles. The molecule has 0 atom stereocenters. The Morgan fingerprint density at radius 1 is 1.38 bits per heavy atom. The van der Waals surface area contributed by atoms with Crippen LogP contribution in [0.5, 0.6) is 5.75 Å². The normalized spacial score (nSPS) is 10.2. The number of rotatable bonds is 5. The Labute approximate surface area is 115 Å². The molecule has 4 nitrogen and oxygen atoms in total. The topological polar surface area (TPSA) is 52.4 Å². The number of nitro benzene ring substituents is 1. The highest BCUT2D eigenvalue weighted by atomic mass is 79.9. The molecule has 0 radical (unpaired) electrons. The van der Waals surface area contributed by atoms with E-state index in [-0.39, 0.29) is 5.69 Å². The van der Waals surface area contributed by atoms with Gasteiger partial charge in [-0.05, 0) is 44.0 Å². The van der Waals surface area contributed by atoms with E-state index in [1.54, 1.807) is 0 Å². The fourth-order valence-electron chi connectivity index (χ4n) is 1.03. The minimum absolute atomic E-state index is 0.0142. The van der Waals surface area contributed by atoms with Crippen LogP contribution in [0.3, 0.4) is 0 Å². The zero-order valence-electron chi connectivity index (χ0n) is 8.15. The largest absolute Gasteiger partial charge is 0.491 e. The van der Waals surface area contributed by atoms with Crippen LogP contribution in [0, 0.1) is 10.1 Å². The Bertz CT molecular complexity index is 377. The molecule has 0 aliphatic heterocycles. The number of halogens is 2. The lowest BCUT2D eigenvalue weighted by Crippen LogP contribution is -2.00. The van der Waals surface area contributed by atoms with Crippen LogP contribution >= 0.6 is 44.5 Å². The van der Waals surface area contributed by atoms with Crippen LogP contribution < -0.4 is 4.74 Å². The van der Waals surface area contributed by atoms with Gasteiger partial charge in [-0.3, -0.25) is 10.1 Å². The molecule has 0 aliphatic carbocycles. The summed E-state index contributed by atoms with van der Waals surface area (Å²) in [5, 5.41) is 10.6. The molecule has 0 fully saturated rings. The van der Waals surface area contributed by atoms with Gasteiger partial charge >= 0.3 is 0 Å². The minimum atomic E-state index is -0.451. The third-order valence-electron chi connectivity index (χ3n) is 1.74. The predicted octanol–water partition coefficient (Wildman–Crippen LogP) is 3.82. The second-order valence-corrected chi connectivity index (χ2v) is 5.08. The Hall–Kier alpha value is -0.270. The monoisotopic (exact) mass is 369 g/mol. The van der Waals surface area contributed by atoms with E-state index in [9.17, 15) is 10.1 Å². The van der Waals surface area contributed by atoms with Crippen molar-refractivity contribution in [3.63, 3.8) is 0 Å². The number of hydrogen-bond acceptors (Lipinski definition) is 4. The minimum Gasteiger partial charge on any atom is -0.491 e. The smallest absolute Gasteiger partial charge is 0.271 e. The molecule has 0 aromatic heterocycles. The molecule has 0 amide bonds. The molecule has 1 aromatic carbocycles. The molecular weight excluding hydrogens is 362 g/mol. The molecule has 0 spiro atoms. The van der Waals surface area contributed by atoms with Crippen molar-refractivity contribution in [2.75, 3.05) is 12.4 Å². The lowest BCUT2D eigenvalue weighted by atomic mass is 10.3. The molecule has 0 saturated carbocycles. The van der Waals surface area contributed by atoms with Crippen molar-refractivity contribution in [3.05, 3.63) is 31.2 Å². The van der Waals surface area contributed by atoms with Crippen molar-refractivity contribution in [2.45, 2.75) is 6.42 Å². The Kier molecular flexibility index (Phi) is 5.57. The first-order valence-corrected chi connectivity index (χ1v) is 6.65. The summed E-state index contributed by atoms with van der Waals surface area (Å²) >= 11 is 10.5. The van der Waals surface area contributed by atoms with Gasteiger partial charge in [-0.2, -0.15) is 12.6 Å². The van der Waals surface area contributed by atoms with Gasteiger partial charge in [0.2, 0.25) is 0 Å². The fraction of sp³-hybridized carbons (Fsp3) is 0.333. The fourth-order valence-corrected chi connectivity index (χ4v) is 2.55. The van der Waals surface area contributed by atoms with E-state index in [1.807, 2.05) is 0 Å². The van der Waals surface area contributed by atoms with E-state index in [4.69, 9.17) is 4.74 Å². The first kappa shape index (κ1) is 13.8. The second-order valence-electron chi connectivity index (χ2n) is 2.92. The SMILES string of the molecule is O=[N+]([O-])c1cc(Br)c(OCCCS)c(Br)c1. The summed E-state index contributed by atoms with van der Waals surface area (Å²) in [4.78, 5) is 10.1. The molecule has 0 saturated heterocycles. The van der Waals surface area contributed by atoms with Gasteiger partial charge in [0, 0.05) is 12.1 Å². The lowest BCUT2D eigenvalue weighted by molar-refractivity contribution is -0.385. The van der Waals surface area contributed by atoms with Crippen LogP contribution in [0.2, 0.25) is 0 Å². The molecule has 16 heavy (non-hydrogen) atoms. The summed E-state index contributed by atoms with van der Waals surface area (Å²) in [6, 6.07) is 2.83. The van der Waals surface area contributed by atoms with E-state index < -0.39 is 4.92 Å². The number of nitrogens with zero attached hydrogens (tertiary/aromatic N) is 1. The molecule has 0 N–H and O–H groups in total. The summed E-state index contributed by atoms with van der Waals surface area (Å²) in [7, 11) is 0. The quantitative estimate of drug-likeness (QED) is 0.371. The van der Waals surface area contributed by atoms with Crippen molar-refractivity contribution < 1.29 is 9.66 Å².